The van der Waals surface area contributed by atoms with Crippen molar-refractivity contribution in [1.29, 1.82) is 0 Å². The van der Waals surface area contributed by atoms with Crippen molar-refractivity contribution in [1.82, 2.24) is 0 Å². The Bertz CT molecular complexity index is 694. The second kappa shape index (κ2) is 5.90. The molecule has 0 saturated carbocycles. The number of benzene rings is 2. The normalized spacial score (nSPS) is 13.1. The third-order valence-electron chi connectivity index (χ3n) is 3.62. The molecular formula is C17H15BrO3. The summed E-state index contributed by atoms with van der Waals surface area (Å²) in [6.07, 6.45) is 1.43. The summed E-state index contributed by atoms with van der Waals surface area (Å²) in [5.41, 5.74) is 2.99. The predicted molar refractivity (Wildman–Crippen MR) is 84.1 cm³/mol. The van der Waals surface area contributed by atoms with E-state index in [9.17, 15) is 4.79 Å². The van der Waals surface area contributed by atoms with E-state index in [2.05, 4.69) is 15.9 Å². The van der Waals surface area contributed by atoms with E-state index in [1.807, 2.05) is 36.4 Å². The number of ether oxygens (including phenoxy) is 2. The number of hydrogen-bond acceptors (Lipinski definition) is 3. The second-order valence-electron chi connectivity index (χ2n) is 5.00. The van der Waals surface area contributed by atoms with Crippen LogP contribution < -0.4 is 9.47 Å². The SMILES string of the molecule is COc1ccc(COc2ccc3c(c2)CCC3=O)cc1Br. The van der Waals surface area contributed by atoms with Crippen molar-refractivity contribution < 1.29 is 14.3 Å². The minimum Gasteiger partial charge on any atom is -0.496 e. The highest BCUT2D eigenvalue weighted by atomic mass is 79.9. The molecule has 0 atom stereocenters. The first-order valence-electron chi connectivity index (χ1n) is 6.79. The van der Waals surface area contributed by atoms with Gasteiger partial charge in [0, 0.05) is 12.0 Å². The highest BCUT2D eigenvalue weighted by molar-refractivity contribution is 9.10. The van der Waals surface area contributed by atoms with Crippen LogP contribution in [-0.4, -0.2) is 12.9 Å². The Hall–Kier alpha value is -1.81. The Morgan fingerprint density at radius 1 is 1.14 bits per heavy atom. The summed E-state index contributed by atoms with van der Waals surface area (Å²) < 4.78 is 11.9. The molecule has 0 bridgehead atoms. The highest BCUT2D eigenvalue weighted by Gasteiger charge is 2.19. The first-order valence-corrected chi connectivity index (χ1v) is 7.58. The van der Waals surface area contributed by atoms with Gasteiger partial charge in [0.25, 0.3) is 0 Å². The van der Waals surface area contributed by atoms with E-state index >= 15 is 0 Å². The molecule has 0 fully saturated rings. The largest absolute Gasteiger partial charge is 0.496 e. The molecule has 1 aliphatic carbocycles. The van der Waals surface area contributed by atoms with Crippen LogP contribution in [0.5, 0.6) is 11.5 Å². The van der Waals surface area contributed by atoms with Crippen LogP contribution in [-0.2, 0) is 13.0 Å². The Morgan fingerprint density at radius 2 is 2.00 bits per heavy atom. The molecule has 2 aromatic carbocycles. The summed E-state index contributed by atoms with van der Waals surface area (Å²) in [4.78, 5) is 11.6. The molecule has 0 amide bonds. The Labute approximate surface area is 132 Å². The zero-order chi connectivity index (χ0) is 14.8. The fourth-order valence-electron chi connectivity index (χ4n) is 2.49. The van der Waals surface area contributed by atoms with Gasteiger partial charge in [-0.15, -0.1) is 0 Å². The zero-order valence-corrected chi connectivity index (χ0v) is 13.3. The lowest BCUT2D eigenvalue weighted by Gasteiger charge is -2.09. The zero-order valence-electron chi connectivity index (χ0n) is 11.7. The maximum absolute atomic E-state index is 11.6. The van der Waals surface area contributed by atoms with Crippen LogP contribution in [0.15, 0.2) is 40.9 Å². The third kappa shape index (κ3) is 2.95. The average Bonchev–Trinajstić information content (AvgIpc) is 2.86. The number of ketones is 1. The van der Waals surface area contributed by atoms with Crippen molar-refractivity contribution in [2.75, 3.05) is 7.11 Å². The number of fused-ring (bicyclic) bond motifs is 1. The number of hydrogen-bond donors (Lipinski definition) is 0. The van der Waals surface area contributed by atoms with E-state index in [1.54, 1.807) is 7.11 Å². The van der Waals surface area contributed by atoms with Gasteiger partial charge in [0.15, 0.2) is 5.78 Å². The number of rotatable bonds is 4. The molecule has 0 aromatic heterocycles. The number of aryl methyl sites for hydroxylation is 1. The van der Waals surface area contributed by atoms with Gasteiger partial charge < -0.3 is 9.47 Å². The monoisotopic (exact) mass is 346 g/mol. The molecule has 0 radical (unpaired) electrons. The predicted octanol–water partition coefficient (Wildman–Crippen LogP) is 4.17. The van der Waals surface area contributed by atoms with Crippen molar-refractivity contribution >= 4 is 21.7 Å². The van der Waals surface area contributed by atoms with Crippen molar-refractivity contribution in [3.63, 3.8) is 0 Å². The molecule has 21 heavy (non-hydrogen) atoms. The van der Waals surface area contributed by atoms with Crippen LogP contribution in [0.4, 0.5) is 0 Å². The number of carbonyl (C=O) groups excluding carboxylic acids is 1. The molecule has 3 rings (SSSR count). The Morgan fingerprint density at radius 3 is 2.76 bits per heavy atom. The van der Waals surface area contributed by atoms with Gasteiger partial charge in [-0.1, -0.05) is 6.07 Å². The molecule has 0 heterocycles. The van der Waals surface area contributed by atoms with Gasteiger partial charge in [-0.05, 0) is 63.8 Å². The molecular weight excluding hydrogens is 332 g/mol. The van der Waals surface area contributed by atoms with Crippen molar-refractivity contribution in [3.8, 4) is 11.5 Å². The fraction of sp³-hybridized carbons (Fsp3) is 0.235. The number of methoxy groups -OCH3 is 1. The first kappa shape index (κ1) is 14.1. The van der Waals surface area contributed by atoms with Crippen LogP contribution in [0.1, 0.15) is 27.9 Å². The third-order valence-corrected chi connectivity index (χ3v) is 4.24. The van der Waals surface area contributed by atoms with E-state index in [0.29, 0.717) is 13.0 Å². The van der Waals surface area contributed by atoms with Gasteiger partial charge in [-0.2, -0.15) is 0 Å². The van der Waals surface area contributed by atoms with Gasteiger partial charge in [0.05, 0.1) is 11.6 Å². The van der Waals surface area contributed by atoms with Gasteiger partial charge in [-0.25, -0.2) is 0 Å². The van der Waals surface area contributed by atoms with E-state index < -0.39 is 0 Å². The minimum absolute atomic E-state index is 0.232. The van der Waals surface area contributed by atoms with Crippen LogP contribution in [0.3, 0.4) is 0 Å². The standard InChI is InChI=1S/C17H15BrO3/c1-20-17-7-2-11(8-15(17)18)10-21-13-4-5-14-12(9-13)3-6-16(14)19/h2,4-5,7-9H,3,6,10H2,1H3. The van der Waals surface area contributed by atoms with Crippen LogP contribution in [0, 0.1) is 0 Å². The van der Waals surface area contributed by atoms with E-state index in [1.165, 1.54) is 0 Å². The minimum atomic E-state index is 0.232. The highest BCUT2D eigenvalue weighted by Crippen LogP contribution is 2.28. The summed E-state index contributed by atoms with van der Waals surface area (Å²) in [6, 6.07) is 11.6. The lowest BCUT2D eigenvalue weighted by atomic mass is 10.1. The summed E-state index contributed by atoms with van der Waals surface area (Å²) in [6.45, 7) is 0.481. The van der Waals surface area contributed by atoms with Crippen molar-refractivity contribution in [3.05, 3.63) is 57.6 Å². The summed E-state index contributed by atoms with van der Waals surface area (Å²) in [5, 5.41) is 0. The lowest BCUT2D eigenvalue weighted by Crippen LogP contribution is -1.97. The van der Waals surface area contributed by atoms with Crippen molar-refractivity contribution in [2.24, 2.45) is 0 Å². The maximum Gasteiger partial charge on any atom is 0.163 e. The first-order chi connectivity index (χ1) is 10.2. The Balaban J connectivity index is 1.71. The van der Waals surface area contributed by atoms with E-state index in [0.717, 1.165) is 39.1 Å². The lowest BCUT2D eigenvalue weighted by molar-refractivity contribution is 0.0994. The number of carbonyl (C=O) groups is 1. The fourth-order valence-corrected chi connectivity index (χ4v) is 3.08. The molecule has 0 saturated heterocycles. The second-order valence-corrected chi connectivity index (χ2v) is 5.85. The topological polar surface area (TPSA) is 35.5 Å². The molecule has 0 aliphatic heterocycles. The van der Waals surface area contributed by atoms with Gasteiger partial charge in [0.1, 0.15) is 18.1 Å². The van der Waals surface area contributed by atoms with Gasteiger partial charge in [-0.3, -0.25) is 4.79 Å². The average molecular weight is 347 g/mol. The molecule has 1 aliphatic rings. The molecule has 108 valence electrons. The summed E-state index contributed by atoms with van der Waals surface area (Å²) in [7, 11) is 1.64. The van der Waals surface area contributed by atoms with Crippen LogP contribution in [0.25, 0.3) is 0 Å². The van der Waals surface area contributed by atoms with Crippen molar-refractivity contribution in [2.45, 2.75) is 19.4 Å². The van der Waals surface area contributed by atoms with Gasteiger partial charge >= 0.3 is 0 Å². The number of halogens is 1. The molecule has 3 nitrogen and oxygen atoms in total. The molecule has 0 N–H and O–H groups in total. The maximum atomic E-state index is 11.6. The van der Waals surface area contributed by atoms with Crippen LogP contribution in [0.2, 0.25) is 0 Å². The van der Waals surface area contributed by atoms with Crippen LogP contribution >= 0.6 is 15.9 Å². The molecule has 2 aromatic rings. The molecule has 0 unspecified atom stereocenters. The van der Waals surface area contributed by atoms with Gasteiger partial charge in [0.2, 0.25) is 0 Å². The smallest absolute Gasteiger partial charge is 0.163 e. The molecule has 0 spiro atoms. The molecule has 4 heteroatoms. The summed E-state index contributed by atoms with van der Waals surface area (Å²) in [5.74, 6) is 1.83. The quantitative estimate of drug-likeness (QED) is 0.833. The Kier molecular flexibility index (Phi) is 3.97. The summed E-state index contributed by atoms with van der Waals surface area (Å²) >= 11 is 3.46. The van der Waals surface area contributed by atoms with E-state index in [4.69, 9.17) is 9.47 Å². The number of Topliss-reactive ketones (excluding diaryl/α,β-unsaturated/α-hetero) is 1. The van der Waals surface area contributed by atoms with E-state index in [-0.39, 0.29) is 5.78 Å².